The van der Waals surface area contributed by atoms with Crippen molar-refractivity contribution in [3.8, 4) is 0 Å². The Morgan fingerprint density at radius 1 is 1.33 bits per heavy atom. The lowest BCUT2D eigenvalue weighted by molar-refractivity contribution is 0.131. The van der Waals surface area contributed by atoms with Gasteiger partial charge in [0.2, 0.25) is 0 Å². The zero-order chi connectivity index (χ0) is 15.8. The van der Waals surface area contributed by atoms with Gasteiger partial charge in [-0.05, 0) is 38.0 Å². The smallest absolute Gasteiger partial charge is 0.315 e. The van der Waals surface area contributed by atoms with Gasteiger partial charge in [0.1, 0.15) is 0 Å². The summed E-state index contributed by atoms with van der Waals surface area (Å²) in [4.78, 5) is 14.2. The number of carbonyl (C=O) groups excluding carboxylic acids is 1. The Morgan fingerprint density at radius 3 is 2.52 bits per heavy atom. The first kappa shape index (κ1) is 18.2. The summed E-state index contributed by atoms with van der Waals surface area (Å²) in [7, 11) is 0. The Morgan fingerprint density at radius 2 is 1.95 bits per heavy atom. The Balaban J connectivity index is 2.20. The van der Waals surface area contributed by atoms with Crippen molar-refractivity contribution in [3.63, 3.8) is 0 Å². The molecule has 0 aromatic carbocycles. The van der Waals surface area contributed by atoms with Gasteiger partial charge in [-0.15, -0.1) is 0 Å². The van der Waals surface area contributed by atoms with Crippen molar-refractivity contribution in [2.45, 2.75) is 59.1 Å². The fourth-order valence-electron chi connectivity index (χ4n) is 3.21. The fraction of sp³-hybridized carbons (Fsp3) is 0.938. The van der Waals surface area contributed by atoms with Gasteiger partial charge in [-0.1, -0.05) is 20.8 Å². The van der Waals surface area contributed by atoms with Crippen molar-refractivity contribution in [2.75, 3.05) is 26.2 Å². The predicted molar refractivity (Wildman–Crippen MR) is 86.3 cm³/mol. The molecule has 0 bridgehead atoms. The lowest BCUT2D eigenvalue weighted by Gasteiger charge is -2.36. The van der Waals surface area contributed by atoms with E-state index in [-0.39, 0.29) is 18.2 Å². The molecule has 4 atom stereocenters. The zero-order valence-corrected chi connectivity index (χ0v) is 14.1. The molecule has 3 N–H and O–H groups in total. The summed E-state index contributed by atoms with van der Waals surface area (Å²) in [5, 5.41) is 15.2. The number of piperidine rings is 1. The van der Waals surface area contributed by atoms with Gasteiger partial charge in [0.15, 0.2) is 0 Å². The number of nitrogens with zero attached hydrogens (tertiary/aromatic N) is 1. The molecule has 0 radical (unpaired) electrons. The van der Waals surface area contributed by atoms with E-state index in [2.05, 4.69) is 29.4 Å². The van der Waals surface area contributed by atoms with Crippen molar-refractivity contribution < 1.29 is 9.90 Å². The maximum atomic E-state index is 11.8. The van der Waals surface area contributed by atoms with Crippen LogP contribution in [0.5, 0.6) is 0 Å². The van der Waals surface area contributed by atoms with E-state index in [1.807, 2.05) is 13.8 Å². The molecular formula is C16H33N3O2. The Bertz CT molecular complexity index is 302. The molecule has 1 aliphatic rings. The van der Waals surface area contributed by atoms with E-state index >= 15 is 0 Å². The molecule has 5 heteroatoms. The third-order valence-corrected chi connectivity index (χ3v) is 4.09. The first-order valence-corrected chi connectivity index (χ1v) is 8.35. The maximum Gasteiger partial charge on any atom is 0.315 e. The third-order valence-electron chi connectivity index (χ3n) is 4.09. The predicted octanol–water partition coefficient (Wildman–Crippen LogP) is 1.81. The van der Waals surface area contributed by atoms with Crippen LogP contribution in [0.15, 0.2) is 0 Å². The maximum absolute atomic E-state index is 11.8. The van der Waals surface area contributed by atoms with Crippen molar-refractivity contribution in [2.24, 2.45) is 11.8 Å². The van der Waals surface area contributed by atoms with Crippen LogP contribution in [0.2, 0.25) is 0 Å². The molecule has 4 unspecified atom stereocenters. The number of urea groups is 1. The molecule has 0 saturated carbocycles. The lowest BCUT2D eigenvalue weighted by Crippen LogP contribution is -2.49. The van der Waals surface area contributed by atoms with Gasteiger partial charge in [0, 0.05) is 32.2 Å². The summed E-state index contributed by atoms with van der Waals surface area (Å²) in [6, 6.07) is 0.00232. The second kappa shape index (κ2) is 9.26. The first-order chi connectivity index (χ1) is 9.90. The van der Waals surface area contributed by atoms with Gasteiger partial charge >= 0.3 is 6.03 Å². The van der Waals surface area contributed by atoms with Gasteiger partial charge in [-0.2, -0.15) is 0 Å². The minimum absolute atomic E-state index is 0.135. The van der Waals surface area contributed by atoms with Gasteiger partial charge < -0.3 is 20.6 Å². The third kappa shape index (κ3) is 7.67. The molecule has 0 spiro atoms. The minimum Gasteiger partial charge on any atom is -0.393 e. The van der Waals surface area contributed by atoms with E-state index in [0.717, 1.165) is 37.9 Å². The van der Waals surface area contributed by atoms with Gasteiger partial charge in [-0.3, -0.25) is 0 Å². The summed E-state index contributed by atoms with van der Waals surface area (Å²) in [5.74, 6) is 1.48. The zero-order valence-electron chi connectivity index (χ0n) is 14.1. The summed E-state index contributed by atoms with van der Waals surface area (Å²) < 4.78 is 0. The number of hydrogen-bond acceptors (Lipinski definition) is 3. The van der Waals surface area contributed by atoms with Crippen LogP contribution in [0.4, 0.5) is 4.79 Å². The molecular weight excluding hydrogens is 266 g/mol. The fourth-order valence-corrected chi connectivity index (χ4v) is 3.21. The van der Waals surface area contributed by atoms with E-state index in [9.17, 15) is 9.90 Å². The average molecular weight is 299 g/mol. The quantitative estimate of drug-likeness (QED) is 0.672. The summed E-state index contributed by atoms with van der Waals surface area (Å²) >= 11 is 0. The topological polar surface area (TPSA) is 64.6 Å². The first-order valence-electron chi connectivity index (χ1n) is 8.35. The van der Waals surface area contributed by atoms with Gasteiger partial charge in [-0.25, -0.2) is 4.79 Å². The van der Waals surface area contributed by atoms with E-state index in [4.69, 9.17) is 0 Å². The van der Waals surface area contributed by atoms with E-state index in [1.54, 1.807) is 0 Å². The molecule has 1 aliphatic heterocycles. The van der Waals surface area contributed by atoms with Crippen LogP contribution in [0.25, 0.3) is 0 Å². The molecule has 0 aromatic heterocycles. The monoisotopic (exact) mass is 299 g/mol. The number of hydrogen-bond donors (Lipinski definition) is 3. The van der Waals surface area contributed by atoms with Crippen molar-refractivity contribution in [1.29, 1.82) is 0 Å². The molecule has 0 aromatic rings. The van der Waals surface area contributed by atoms with Gasteiger partial charge in [0.05, 0.1) is 6.10 Å². The average Bonchev–Trinajstić information content (AvgIpc) is 2.36. The number of aliphatic hydroxyl groups excluding tert-OH is 1. The van der Waals surface area contributed by atoms with E-state index in [0.29, 0.717) is 13.0 Å². The number of nitrogens with one attached hydrogen (secondary N) is 2. The highest BCUT2D eigenvalue weighted by molar-refractivity contribution is 5.74. The Labute approximate surface area is 129 Å². The second-order valence-corrected chi connectivity index (χ2v) is 6.82. The molecule has 5 nitrogen and oxygen atoms in total. The molecule has 21 heavy (non-hydrogen) atoms. The number of carbonyl (C=O) groups is 1. The number of amides is 2. The summed E-state index contributed by atoms with van der Waals surface area (Å²) in [6.07, 6.45) is 2.32. The Kier molecular flexibility index (Phi) is 8.04. The molecule has 1 fully saturated rings. The highest BCUT2D eigenvalue weighted by atomic mass is 16.3. The van der Waals surface area contributed by atoms with E-state index < -0.39 is 0 Å². The largest absolute Gasteiger partial charge is 0.393 e. The van der Waals surface area contributed by atoms with Crippen LogP contribution in [-0.4, -0.2) is 54.4 Å². The standard InChI is InChI=1S/C16H33N3O2/c1-5-15(20)6-7-17-16(21)18-14(4)11-19-9-12(2)8-13(3)10-19/h12-15,20H,5-11H2,1-4H3,(H2,17,18,21). The van der Waals surface area contributed by atoms with Crippen LogP contribution in [0.3, 0.4) is 0 Å². The minimum atomic E-state index is -0.320. The van der Waals surface area contributed by atoms with Crippen LogP contribution in [0, 0.1) is 11.8 Å². The van der Waals surface area contributed by atoms with Crippen molar-refractivity contribution >= 4 is 6.03 Å². The molecule has 124 valence electrons. The molecule has 2 amide bonds. The normalized spacial score (nSPS) is 26.1. The number of rotatable bonds is 7. The lowest BCUT2D eigenvalue weighted by atomic mass is 9.92. The van der Waals surface area contributed by atoms with Crippen LogP contribution >= 0.6 is 0 Å². The van der Waals surface area contributed by atoms with E-state index in [1.165, 1.54) is 6.42 Å². The molecule has 1 rings (SSSR count). The van der Waals surface area contributed by atoms with Gasteiger partial charge in [0.25, 0.3) is 0 Å². The molecule has 0 aliphatic carbocycles. The highest BCUT2D eigenvalue weighted by Crippen LogP contribution is 2.20. The molecule has 1 saturated heterocycles. The van der Waals surface area contributed by atoms with Crippen molar-refractivity contribution in [3.05, 3.63) is 0 Å². The second-order valence-electron chi connectivity index (χ2n) is 6.82. The Hall–Kier alpha value is -0.810. The van der Waals surface area contributed by atoms with Crippen LogP contribution in [0.1, 0.15) is 47.0 Å². The SMILES string of the molecule is CCC(O)CCNC(=O)NC(C)CN1CC(C)CC(C)C1. The highest BCUT2D eigenvalue weighted by Gasteiger charge is 2.23. The summed E-state index contributed by atoms with van der Waals surface area (Å²) in [6.45, 7) is 12.3. The molecule has 1 heterocycles. The number of aliphatic hydroxyl groups is 1. The van der Waals surface area contributed by atoms with Crippen molar-refractivity contribution in [1.82, 2.24) is 15.5 Å². The van der Waals surface area contributed by atoms with Crippen LogP contribution in [-0.2, 0) is 0 Å². The summed E-state index contributed by atoms with van der Waals surface area (Å²) in [5.41, 5.74) is 0. The number of likely N-dealkylation sites (tertiary alicyclic amines) is 1. The van der Waals surface area contributed by atoms with Crippen LogP contribution < -0.4 is 10.6 Å².